The Hall–Kier alpha value is -2.84. The fraction of sp³-hybridized carbons (Fsp3) is 0.0556. The summed E-state index contributed by atoms with van der Waals surface area (Å²) in [5, 5.41) is 11.9. The number of thiazole rings is 1. The van der Waals surface area contributed by atoms with Crippen LogP contribution >= 0.6 is 11.3 Å². The first-order valence-electron chi connectivity index (χ1n) is 6.96. The molecule has 0 saturated carbocycles. The van der Waals surface area contributed by atoms with Crippen molar-refractivity contribution in [3.05, 3.63) is 70.8 Å². The van der Waals surface area contributed by atoms with Gasteiger partial charge in [-0.05, 0) is 36.4 Å². The fourth-order valence-corrected chi connectivity index (χ4v) is 2.84. The Morgan fingerprint density at radius 2 is 1.87 bits per heavy atom. The molecule has 1 heterocycles. The average Bonchev–Trinajstić information content (AvgIpc) is 3.07. The highest BCUT2D eigenvalue weighted by Gasteiger charge is 2.13. The van der Waals surface area contributed by atoms with Gasteiger partial charge in [0.05, 0.1) is 17.5 Å². The van der Waals surface area contributed by atoms with Crippen molar-refractivity contribution in [2.45, 2.75) is 5.92 Å². The van der Waals surface area contributed by atoms with Crippen molar-refractivity contribution < 1.29 is 4.39 Å². The summed E-state index contributed by atoms with van der Waals surface area (Å²) in [7, 11) is 0. The van der Waals surface area contributed by atoms with Gasteiger partial charge < -0.3 is 0 Å². The molecule has 5 heteroatoms. The molecule has 0 saturated heterocycles. The second-order valence-electron chi connectivity index (χ2n) is 4.80. The van der Waals surface area contributed by atoms with Gasteiger partial charge in [0.15, 0.2) is 0 Å². The van der Waals surface area contributed by atoms with Crippen molar-refractivity contribution in [2.24, 2.45) is 4.99 Å². The molecule has 0 spiro atoms. The van der Waals surface area contributed by atoms with Gasteiger partial charge >= 0.3 is 0 Å². The van der Waals surface area contributed by atoms with Gasteiger partial charge in [-0.15, -0.1) is 11.3 Å². The third kappa shape index (κ3) is 3.68. The number of para-hydroxylation sites is 1. The molecule has 0 aliphatic rings. The van der Waals surface area contributed by atoms with E-state index in [9.17, 15) is 9.65 Å². The lowest BCUT2D eigenvalue weighted by atomic mass is 10.1. The molecule has 0 aliphatic carbocycles. The highest BCUT2D eigenvalue weighted by molar-refractivity contribution is 7.10. The number of aromatic nitrogens is 1. The van der Waals surface area contributed by atoms with Crippen LogP contribution in [-0.2, 0) is 0 Å². The van der Waals surface area contributed by atoms with Gasteiger partial charge in [0.1, 0.15) is 16.7 Å². The number of nitriles is 1. The minimum absolute atomic E-state index is 0.283. The van der Waals surface area contributed by atoms with Gasteiger partial charge in [0.2, 0.25) is 0 Å². The first kappa shape index (κ1) is 15.1. The van der Waals surface area contributed by atoms with E-state index in [0.717, 1.165) is 16.9 Å². The lowest BCUT2D eigenvalue weighted by Gasteiger charge is -1.99. The Morgan fingerprint density at radius 1 is 1.13 bits per heavy atom. The van der Waals surface area contributed by atoms with Gasteiger partial charge in [0.25, 0.3) is 0 Å². The van der Waals surface area contributed by atoms with E-state index in [1.165, 1.54) is 23.5 Å². The van der Waals surface area contributed by atoms with E-state index < -0.39 is 5.92 Å². The van der Waals surface area contributed by atoms with Crippen molar-refractivity contribution in [3.63, 3.8) is 0 Å². The molecule has 3 rings (SSSR count). The Balaban J connectivity index is 1.82. The first-order valence-corrected chi connectivity index (χ1v) is 7.84. The standard InChI is InChI=1S/C18H12FN3S/c19-15-8-6-13(7-9-15)17-12-23-18(22-17)14(10-20)11-21-16-4-2-1-3-5-16/h1-9,11-12,14H. The average molecular weight is 321 g/mol. The highest BCUT2D eigenvalue weighted by Crippen LogP contribution is 2.26. The van der Waals surface area contributed by atoms with Crippen LogP contribution < -0.4 is 0 Å². The SMILES string of the molecule is N#CC(C=Nc1ccccc1)c1nc(-c2ccc(F)cc2)cs1. The molecule has 0 bridgehead atoms. The molecule has 3 aromatic rings. The van der Waals surface area contributed by atoms with E-state index >= 15 is 0 Å². The van der Waals surface area contributed by atoms with E-state index in [1.54, 1.807) is 18.3 Å². The quantitative estimate of drug-likeness (QED) is 0.638. The lowest BCUT2D eigenvalue weighted by molar-refractivity contribution is 0.628. The summed E-state index contributed by atoms with van der Waals surface area (Å²) >= 11 is 1.40. The van der Waals surface area contributed by atoms with Crippen molar-refractivity contribution >= 4 is 23.2 Å². The van der Waals surface area contributed by atoms with Crippen LogP contribution in [0.25, 0.3) is 11.3 Å². The molecule has 1 aromatic heterocycles. The van der Waals surface area contributed by atoms with Crippen LogP contribution in [-0.4, -0.2) is 11.2 Å². The third-order valence-corrected chi connectivity index (χ3v) is 4.12. The molecular weight excluding hydrogens is 309 g/mol. The van der Waals surface area contributed by atoms with Gasteiger partial charge in [-0.2, -0.15) is 5.26 Å². The van der Waals surface area contributed by atoms with Crippen LogP contribution in [0.4, 0.5) is 10.1 Å². The summed E-state index contributed by atoms with van der Waals surface area (Å²) in [6.45, 7) is 0. The normalized spacial score (nSPS) is 12.2. The number of aliphatic imine (C=N–C) groups is 1. The molecule has 112 valence electrons. The van der Waals surface area contributed by atoms with E-state index in [2.05, 4.69) is 16.0 Å². The number of hydrogen-bond donors (Lipinski definition) is 0. The zero-order chi connectivity index (χ0) is 16.1. The minimum Gasteiger partial charge on any atom is -0.259 e. The summed E-state index contributed by atoms with van der Waals surface area (Å²) in [4.78, 5) is 8.79. The van der Waals surface area contributed by atoms with Gasteiger partial charge in [-0.25, -0.2) is 9.37 Å². The molecule has 0 amide bonds. The number of halogens is 1. The second-order valence-corrected chi connectivity index (χ2v) is 5.69. The van der Waals surface area contributed by atoms with Gasteiger partial charge in [-0.3, -0.25) is 4.99 Å². The molecule has 0 N–H and O–H groups in total. The first-order chi connectivity index (χ1) is 11.3. The summed E-state index contributed by atoms with van der Waals surface area (Å²) in [5.41, 5.74) is 2.35. The van der Waals surface area contributed by atoms with Crippen molar-refractivity contribution in [1.29, 1.82) is 5.26 Å². The predicted molar refractivity (Wildman–Crippen MR) is 90.5 cm³/mol. The van der Waals surface area contributed by atoms with Gasteiger partial charge in [-0.1, -0.05) is 18.2 Å². The van der Waals surface area contributed by atoms with E-state index in [1.807, 2.05) is 35.7 Å². The molecule has 23 heavy (non-hydrogen) atoms. The lowest BCUT2D eigenvalue weighted by Crippen LogP contribution is -1.96. The van der Waals surface area contributed by atoms with Crippen LogP contribution in [0, 0.1) is 17.1 Å². The van der Waals surface area contributed by atoms with Gasteiger partial charge in [0, 0.05) is 17.2 Å². The van der Waals surface area contributed by atoms with Crippen LogP contribution in [0.15, 0.2) is 65.0 Å². The number of benzene rings is 2. The van der Waals surface area contributed by atoms with E-state index in [-0.39, 0.29) is 5.82 Å². The molecule has 0 radical (unpaired) electrons. The smallest absolute Gasteiger partial charge is 0.133 e. The topological polar surface area (TPSA) is 49.0 Å². The largest absolute Gasteiger partial charge is 0.259 e. The van der Waals surface area contributed by atoms with Crippen LogP contribution in [0.2, 0.25) is 0 Å². The predicted octanol–water partition coefficient (Wildman–Crippen LogP) is 4.96. The monoisotopic (exact) mass is 321 g/mol. The maximum Gasteiger partial charge on any atom is 0.133 e. The number of rotatable bonds is 4. The maximum atomic E-state index is 13.0. The number of nitrogens with zero attached hydrogens (tertiary/aromatic N) is 3. The second kappa shape index (κ2) is 6.95. The highest BCUT2D eigenvalue weighted by atomic mass is 32.1. The van der Waals surface area contributed by atoms with Crippen LogP contribution in [0.3, 0.4) is 0 Å². The molecule has 3 nitrogen and oxygen atoms in total. The summed E-state index contributed by atoms with van der Waals surface area (Å²) in [6, 6.07) is 17.8. The van der Waals surface area contributed by atoms with Crippen LogP contribution in [0.1, 0.15) is 10.9 Å². The molecule has 1 unspecified atom stereocenters. The number of hydrogen-bond acceptors (Lipinski definition) is 4. The van der Waals surface area contributed by atoms with Crippen molar-refractivity contribution in [2.75, 3.05) is 0 Å². The Labute approximate surface area is 137 Å². The molecule has 1 atom stereocenters. The molecular formula is C18H12FN3S. The molecule has 2 aromatic carbocycles. The minimum atomic E-state index is -0.505. The Bertz CT molecular complexity index is 848. The fourth-order valence-electron chi connectivity index (χ4n) is 2.01. The van der Waals surface area contributed by atoms with Crippen LogP contribution in [0.5, 0.6) is 0 Å². The maximum absolute atomic E-state index is 13.0. The molecule has 0 fully saturated rings. The van der Waals surface area contributed by atoms with E-state index in [0.29, 0.717) is 5.01 Å². The summed E-state index contributed by atoms with van der Waals surface area (Å²) < 4.78 is 13.0. The zero-order valence-corrected chi connectivity index (χ0v) is 12.9. The summed E-state index contributed by atoms with van der Waals surface area (Å²) in [5.74, 6) is -0.788. The zero-order valence-electron chi connectivity index (χ0n) is 12.1. The van der Waals surface area contributed by atoms with Crippen molar-refractivity contribution in [3.8, 4) is 17.3 Å². The van der Waals surface area contributed by atoms with E-state index in [4.69, 9.17) is 0 Å². The molecule has 0 aliphatic heterocycles. The summed E-state index contributed by atoms with van der Waals surface area (Å²) in [6.07, 6.45) is 1.60. The Kier molecular flexibility index (Phi) is 4.55. The van der Waals surface area contributed by atoms with Crippen molar-refractivity contribution in [1.82, 2.24) is 4.98 Å². The third-order valence-electron chi connectivity index (χ3n) is 3.20. The Morgan fingerprint density at radius 3 is 2.57 bits per heavy atom.